The van der Waals surface area contributed by atoms with Crippen LogP contribution in [0.5, 0.6) is 5.75 Å². The summed E-state index contributed by atoms with van der Waals surface area (Å²) < 4.78 is 15.2. The minimum atomic E-state index is -0.0289. The van der Waals surface area contributed by atoms with Gasteiger partial charge in [-0.3, -0.25) is 28.8 Å². The van der Waals surface area contributed by atoms with Crippen molar-refractivity contribution < 1.29 is 4.74 Å². The lowest BCUT2D eigenvalue weighted by molar-refractivity contribution is 0.415. The van der Waals surface area contributed by atoms with Gasteiger partial charge in [0.15, 0.2) is 0 Å². The van der Waals surface area contributed by atoms with Crippen molar-refractivity contribution in [3.63, 3.8) is 0 Å². The predicted octanol–water partition coefficient (Wildman–Crippen LogP) is 17.7. The summed E-state index contributed by atoms with van der Waals surface area (Å²) in [5.74, 6) is 5.09. The maximum Gasteiger partial charge on any atom is 0.263 e. The van der Waals surface area contributed by atoms with E-state index in [0.717, 1.165) is 204 Å². The molecule has 0 unspecified atom stereocenters. The molecule has 12 aromatic heterocycles. The number of imidazole rings is 6. The van der Waals surface area contributed by atoms with Crippen LogP contribution in [-0.4, -0.2) is 93.3 Å². The maximum atomic E-state index is 13.0. The predicted molar refractivity (Wildman–Crippen MR) is 483 cm³/mol. The zero-order valence-electron chi connectivity index (χ0n) is 71.2. The number of hydrogen-bond donors (Lipinski definition) is 6. The average Bonchev–Trinajstić information content (AvgIpc) is 1.51. The number of hydrogen-bond acceptors (Lipinski definition) is 13. The van der Waals surface area contributed by atoms with E-state index in [0.29, 0.717) is 46.7 Å². The first kappa shape index (κ1) is 82.9. The Morgan fingerprint density at radius 2 is 0.717 bits per heavy atom. The summed E-state index contributed by atoms with van der Waals surface area (Å²) in [6.07, 6.45) is 9.59. The Kier molecular flexibility index (Phi) is 24.4. The molecule has 0 amide bonds. The van der Waals surface area contributed by atoms with E-state index in [2.05, 4.69) is 136 Å². The zero-order chi connectivity index (χ0) is 85.1. The van der Waals surface area contributed by atoms with E-state index in [1.165, 1.54) is 11.1 Å². The number of nitrogens with zero attached hydrogens (tertiary/aromatic N) is 12. The van der Waals surface area contributed by atoms with Crippen molar-refractivity contribution in [3.05, 3.63) is 293 Å². The highest BCUT2D eigenvalue weighted by Crippen LogP contribution is 2.28. The van der Waals surface area contributed by atoms with Crippen LogP contribution >= 0.6 is 0 Å². The van der Waals surface area contributed by atoms with Crippen LogP contribution in [-0.2, 0) is 44.9 Å². The summed E-state index contributed by atoms with van der Waals surface area (Å²) in [7, 11) is 1.63. The van der Waals surface area contributed by atoms with Crippen molar-refractivity contribution in [1.29, 1.82) is 0 Å². The van der Waals surface area contributed by atoms with Crippen LogP contribution in [0.2, 0.25) is 0 Å². The summed E-state index contributed by atoms with van der Waals surface area (Å²) in [6.45, 7) is 30.9. The molecule has 0 bridgehead atoms. The Morgan fingerprint density at radius 1 is 0.333 bits per heavy atom. The first-order chi connectivity index (χ1) is 57.9. The summed E-state index contributed by atoms with van der Waals surface area (Å²) in [5.41, 5.74) is 25.1. The van der Waals surface area contributed by atoms with Crippen molar-refractivity contribution in [2.45, 2.75) is 186 Å². The van der Waals surface area contributed by atoms with Gasteiger partial charge in [0.25, 0.3) is 33.4 Å². The first-order valence-electron chi connectivity index (χ1n) is 41.7. The van der Waals surface area contributed by atoms with Crippen LogP contribution in [0, 0.1) is 27.7 Å². The smallest absolute Gasteiger partial charge is 0.263 e. The third-order valence-corrected chi connectivity index (χ3v) is 22.0. The van der Waals surface area contributed by atoms with Gasteiger partial charge in [-0.05, 0) is 204 Å². The van der Waals surface area contributed by atoms with Gasteiger partial charge in [-0.15, -0.1) is 0 Å². The summed E-state index contributed by atoms with van der Waals surface area (Å²) >= 11 is 0. The fraction of sp³-hybridized carbons (Fsp3) is 0.305. The average molecular weight is 1610 g/mol. The van der Waals surface area contributed by atoms with E-state index >= 15 is 0 Å². The molecular weight excluding hydrogens is 1510 g/mol. The Bertz CT molecular complexity index is 7440. The molecule has 0 spiro atoms. The van der Waals surface area contributed by atoms with Crippen molar-refractivity contribution in [2.75, 3.05) is 7.11 Å². The molecular formula is C95H104N18O7. The molecule has 25 nitrogen and oxygen atoms in total. The fourth-order valence-corrected chi connectivity index (χ4v) is 15.7. The van der Waals surface area contributed by atoms with Crippen LogP contribution in [0.3, 0.4) is 0 Å². The van der Waals surface area contributed by atoms with Crippen molar-refractivity contribution in [2.24, 2.45) is 0 Å². The van der Waals surface area contributed by atoms with Crippen LogP contribution in [0.15, 0.2) is 186 Å². The summed E-state index contributed by atoms with van der Waals surface area (Å²) in [4.78, 5) is 123. The van der Waals surface area contributed by atoms with Crippen molar-refractivity contribution in [1.82, 2.24) is 86.2 Å². The number of aromatic amines is 6. The molecule has 0 saturated heterocycles. The Morgan fingerprint density at radius 3 is 1.23 bits per heavy atom. The number of benzene rings is 7. The number of aryl methyl sites for hydroxylation is 7. The molecule has 0 aliphatic heterocycles. The molecule has 7 aromatic carbocycles. The number of H-pyrrole nitrogens is 6. The highest BCUT2D eigenvalue weighted by Gasteiger charge is 2.22. The highest BCUT2D eigenvalue weighted by atomic mass is 16.5. The van der Waals surface area contributed by atoms with Gasteiger partial charge in [0.2, 0.25) is 34.7 Å². The Labute approximate surface area is 691 Å². The van der Waals surface area contributed by atoms with Gasteiger partial charge < -0.3 is 34.6 Å². The molecule has 0 saturated carbocycles. The number of nitrogens with one attached hydrogen (secondary N) is 6. The van der Waals surface area contributed by atoms with Gasteiger partial charge in [-0.2, -0.15) is 0 Å². The minimum absolute atomic E-state index is 0.0224. The number of methoxy groups -OCH3 is 1. The fourth-order valence-electron chi connectivity index (χ4n) is 15.7. The van der Waals surface area contributed by atoms with Gasteiger partial charge in [-0.25, -0.2) is 56.3 Å². The standard InChI is InChI=1S/C19H17N3O2.C17H21N3O.C16H19N3O.C15H17N3O.2C14H15N3O/c1-3-14-17(12-8-10-13(24-2)11-9-12)21-19-20-15-6-4-5-7-16(15)22(19)18(14)23;1-5-7-13-12(6-2)16(21)20-15-9-11(4)10(3)8-14(15)19-17(20)18-13;1-3-7-11-12(8-4-2)17-16-18-13-9-5-6-10-14(13)19(16)15(11)20;1-3-7-11-10(4-2)14(19)18-13-9-6-5-8-12(13)17-15(18)16-11;1-8(2)10-7-13(18)17-12-5-4-9(3)6-11(12)16-14(17)15-10;1-8(2)11-7-13(18)17-12-6-9(3)4-5-10(12)15-14(17)16-11/h4-11H,3H2,1-2H3,(H,20,21);8-9H,5-7H2,1-4H3,(H,18,19);5-6,9-10H,3-4,7-8H2,1-2H3,(H,17,18);5-6,8-9H,3-4,7H2,1-2H3,(H,16,17);2*4-8H,1-3H3,(H,15,16). The number of ether oxygens (including phenoxy) is 1. The lowest BCUT2D eigenvalue weighted by atomic mass is 10.1. The van der Waals surface area contributed by atoms with E-state index in [4.69, 9.17) is 9.72 Å². The second-order valence-corrected chi connectivity index (χ2v) is 31.2. The lowest BCUT2D eigenvalue weighted by Crippen LogP contribution is -2.22. The van der Waals surface area contributed by atoms with Gasteiger partial charge in [0, 0.05) is 68.4 Å². The third-order valence-electron chi connectivity index (χ3n) is 22.0. The number of para-hydroxylation sites is 6. The van der Waals surface area contributed by atoms with E-state index in [9.17, 15) is 28.8 Å². The van der Waals surface area contributed by atoms with Crippen LogP contribution in [0.1, 0.15) is 187 Å². The number of fused-ring (bicyclic) bond motifs is 18. The minimum Gasteiger partial charge on any atom is -0.497 e. The molecule has 0 aliphatic rings. The third kappa shape index (κ3) is 16.1. The number of rotatable bonds is 15. The summed E-state index contributed by atoms with van der Waals surface area (Å²) in [5, 5.41) is 0. The monoisotopic (exact) mass is 1610 g/mol. The van der Waals surface area contributed by atoms with Gasteiger partial charge in [0.05, 0.1) is 79.0 Å². The Hall–Kier alpha value is -13.6. The van der Waals surface area contributed by atoms with E-state index in [1.807, 2.05) is 168 Å². The van der Waals surface area contributed by atoms with Crippen molar-refractivity contribution in [3.8, 4) is 17.0 Å². The summed E-state index contributed by atoms with van der Waals surface area (Å²) in [6, 6.07) is 50.1. The van der Waals surface area contributed by atoms with Crippen molar-refractivity contribution >= 4 is 101 Å². The maximum absolute atomic E-state index is 13.0. The van der Waals surface area contributed by atoms with E-state index in [1.54, 1.807) is 45.6 Å². The second-order valence-electron chi connectivity index (χ2n) is 31.2. The van der Waals surface area contributed by atoms with Gasteiger partial charge in [0.1, 0.15) is 5.75 Å². The molecule has 616 valence electrons. The molecule has 12 heterocycles. The topological polar surface area (TPSA) is 310 Å². The molecule has 0 aliphatic carbocycles. The van der Waals surface area contributed by atoms with E-state index < -0.39 is 0 Å². The second kappa shape index (κ2) is 35.3. The SMILES string of the molecule is CCCc1[nH]c2nc3cc(C)c(C)cc3n2c(=O)c1CC.CCCc1[nH]c2nc3ccccc3n2c(=O)c1CC.CCCc1[nH]c2nc3ccccc3n2c(=O)c1CCC.CCc1c(-c2ccc(OC)cc2)nc2[nH]c3ccccc3n2c1=O.Cc1ccc2c(c1)nc1[nH]c(C(C)C)cc(=O)n12.Cc1ccc2nc3[nH]c(C(C)C)cc(=O)n3c2c1. The molecule has 25 heteroatoms. The largest absolute Gasteiger partial charge is 0.497 e. The van der Waals surface area contributed by atoms with Gasteiger partial charge >= 0.3 is 0 Å². The molecule has 19 rings (SSSR count). The number of aromatic nitrogens is 18. The van der Waals surface area contributed by atoms with Crippen LogP contribution in [0.4, 0.5) is 0 Å². The highest BCUT2D eigenvalue weighted by molar-refractivity contribution is 5.85. The van der Waals surface area contributed by atoms with Crippen LogP contribution in [0.25, 0.3) is 112 Å². The van der Waals surface area contributed by atoms with E-state index in [-0.39, 0.29) is 45.2 Å². The zero-order valence-corrected chi connectivity index (χ0v) is 71.2. The Balaban J connectivity index is 0.000000118. The quantitative estimate of drug-likeness (QED) is 0.0557. The van der Waals surface area contributed by atoms with Crippen LogP contribution < -0.4 is 38.1 Å². The normalized spacial score (nSPS) is 11.6. The molecule has 6 N–H and O–H groups in total. The molecule has 0 atom stereocenters. The molecule has 19 aromatic rings. The first-order valence-corrected chi connectivity index (χ1v) is 41.7. The van der Waals surface area contributed by atoms with Gasteiger partial charge in [-0.1, -0.05) is 150 Å². The lowest BCUT2D eigenvalue weighted by Gasteiger charge is -2.08. The molecule has 120 heavy (non-hydrogen) atoms. The molecule has 0 fully saturated rings. The molecule has 0 radical (unpaired) electrons.